The SMILES string of the molecule is CCC1CCCC1NCC1(N(C)C)CCCC1. The molecule has 2 aliphatic carbocycles. The topological polar surface area (TPSA) is 15.3 Å². The van der Waals surface area contributed by atoms with Crippen molar-refractivity contribution in [2.75, 3.05) is 20.6 Å². The van der Waals surface area contributed by atoms with Crippen molar-refractivity contribution in [2.24, 2.45) is 5.92 Å². The molecule has 0 aromatic rings. The van der Waals surface area contributed by atoms with Gasteiger partial charge in [0.15, 0.2) is 0 Å². The van der Waals surface area contributed by atoms with Gasteiger partial charge in [0.25, 0.3) is 0 Å². The third-order valence-corrected chi connectivity index (χ3v) is 5.36. The first-order chi connectivity index (χ1) is 8.18. The molecule has 2 aliphatic rings. The van der Waals surface area contributed by atoms with Crippen LogP contribution >= 0.6 is 0 Å². The van der Waals surface area contributed by atoms with Crippen LogP contribution in [-0.4, -0.2) is 37.1 Å². The molecule has 0 aromatic carbocycles. The third kappa shape index (κ3) is 2.85. The highest BCUT2D eigenvalue weighted by Gasteiger charge is 2.37. The van der Waals surface area contributed by atoms with E-state index < -0.39 is 0 Å². The van der Waals surface area contributed by atoms with Crippen LogP contribution in [0, 0.1) is 5.92 Å². The normalized spacial score (nSPS) is 32.5. The van der Waals surface area contributed by atoms with Crippen molar-refractivity contribution in [1.29, 1.82) is 0 Å². The van der Waals surface area contributed by atoms with Gasteiger partial charge in [0.1, 0.15) is 0 Å². The second-order valence-electron chi connectivity index (χ2n) is 6.41. The standard InChI is InChI=1S/C15H30N2/c1-4-13-8-7-9-14(13)16-12-15(17(2)3)10-5-6-11-15/h13-14,16H,4-12H2,1-3H3. The summed E-state index contributed by atoms with van der Waals surface area (Å²) in [6, 6.07) is 0.803. The highest BCUT2D eigenvalue weighted by molar-refractivity contribution is 4.96. The molecule has 2 fully saturated rings. The first kappa shape index (κ1) is 13.4. The van der Waals surface area contributed by atoms with Crippen LogP contribution in [0.2, 0.25) is 0 Å². The average molecular weight is 238 g/mol. The molecule has 0 saturated heterocycles. The summed E-state index contributed by atoms with van der Waals surface area (Å²) in [5, 5.41) is 3.91. The molecule has 0 spiro atoms. The fourth-order valence-corrected chi connectivity index (χ4v) is 3.93. The van der Waals surface area contributed by atoms with Gasteiger partial charge in [-0.15, -0.1) is 0 Å². The Balaban J connectivity index is 1.87. The molecule has 2 unspecified atom stereocenters. The van der Waals surface area contributed by atoms with Crippen LogP contribution in [-0.2, 0) is 0 Å². The Kier molecular flexibility index (Phi) is 4.48. The summed E-state index contributed by atoms with van der Waals surface area (Å²) in [6.45, 7) is 3.56. The van der Waals surface area contributed by atoms with Crippen molar-refractivity contribution in [3.8, 4) is 0 Å². The summed E-state index contributed by atoms with van der Waals surface area (Å²) in [4.78, 5) is 2.48. The molecular formula is C15H30N2. The summed E-state index contributed by atoms with van der Waals surface area (Å²) in [5.41, 5.74) is 0.459. The summed E-state index contributed by atoms with van der Waals surface area (Å²) in [5.74, 6) is 0.940. The number of nitrogens with zero attached hydrogens (tertiary/aromatic N) is 1. The van der Waals surface area contributed by atoms with Gasteiger partial charge in [0, 0.05) is 18.1 Å². The van der Waals surface area contributed by atoms with Crippen LogP contribution in [0.1, 0.15) is 58.3 Å². The lowest BCUT2D eigenvalue weighted by molar-refractivity contribution is 0.145. The smallest absolute Gasteiger partial charge is 0.0327 e. The minimum Gasteiger partial charge on any atom is -0.312 e. The van der Waals surface area contributed by atoms with Crippen molar-refractivity contribution in [1.82, 2.24) is 10.2 Å². The van der Waals surface area contributed by atoms with E-state index in [0.717, 1.165) is 12.0 Å². The minimum absolute atomic E-state index is 0.459. The maximum absolute atomic E-state index is 3.91. The van der Waals surface area contributed by atoms with Crippen LogP contribution in [0.4, 0.5) is 0 Å². The fourth-order valence-electron chi connectivity index (χ4n) is 3.93. The molecule has 2 nitrogen and oxygen atoms in total. The number of likely N-dealkylation sites (N-methyl/N-ethyl adjacent to an activating group) is 1. The van der Waals surface area contributed by atoms with Crippen LogP contribution in [0.3, 0.4) is 0 Å². The van der Waals surface area contributed by atoms with E-state index in [4.69, 9.17) is 0 Å². The summed E-state index contributed by atoms with van der Waals surface area (Å²) < 4.78 is 0. The zero-order chi connectivity index (χ0) is 12.3. The zero-order valence-corrected chi connectivity index (χ0v) is 12.0. The van der Waals surface area contributed by atoms with E-state index in [1.807, 2.05) is 0 Å². The monoisotopic (exact) mass is 238 g/mol. The van der Waals surface area contributed by atoms with Gasteiger partial charge in [-0.3, -0.25) is 0 Å². The molecule has 0 aliphatic heterocycles. The van der Waals surface area contributed by atoms with Gasteiger partial charge >= 0.3 is 0 Å². The molecule has 17 heavy (non-hydrogen) atoms. The second kappa shape index (κ2) is 5.71. The second-order valence-corrected chi connectivity index (χ2v) is 6.41. The van der Waals surface area contributed by atoms with Crippen LogP contribution in [0.25, 0.3) is 0 Å². The predicted molar refractivity (Wildman–Crippen MR) is 74.3 cm³/mol. The van der Waals surface area contributed by atoms with Gasteiger partial charge in [-0.1, -0.05) is 32.6 Å². The van der Waals surface area contributed by atoms with Gasteiger partial charge in [0.05, 0.1) is 0 Å². The quantitative estimate of drug-likeness (QED) is 0.792. The molecule has 0 radical (unpaired) electrons. The van der Waals surface area contributed by atoms with Gasteiger partial charge < -0.3 is 10.2 Å². The molecule has 2 heteroatoms. The third-order valence-electron chi connectivity index (χ3n) is 5.36. The maximum Gasteiger partial charge on any atom is 0.0327 e. The Hall–Kier alpha value is -0.0800. The molecule has 1 N–H and O–H groups in total. The molecule has 100 valence electrons. The average Bonchev–Trinajstić information content (AvgIpc) is 2.96. The first-order valence-electron chi connectivity index (χ1n) is 7.59. The lowest BCUT2D eigenvalue weighted by Gasteiger charge is -2.38. The molecular weight excluding hydrogens is 208 g/mol. The van der Waals surface area contributed by atoms with E-state index in [9.17, 15) is 0 Å². The lowest BCUT2D eigenvalue weighted by Crippen LogP contribution is -2.52. The van der Waals surface area contributed by atoms with E-state index in [0.29, 0.717) is 5.54 Å². The van der Waals surface area contributed by atoms with Crippen LogP contribution in [0.5, 0.6) is 0 Å². The largest absolute Gasteiger partial charge is 0.312 e. The molecule has 0 amide bonds. The van der Waals surface area contributed by atoms with E-state index in [-0.39, 0.29) is 0 Å². The highest BCUT2D eigenvalue weighted by Crippen LogP contribution is 2.34. The Morgan fingerprint density at radius 2 is 1.82 bits per heavy atom. The highest BCUT2D eigenvalue weighted by atomic mass is 15.2. The van der Waals surface area contributed by atoms with Crippen LogP contribution < -0.4 is 5.32 Å². The van der Waals surface area contributed by atoms with Gasteiger partial charge in [-0.2, -0.15) is 0 Å². The van der Waals surface area contributed by atoms with Crippen molar-refractivity contribution in [2.45, 2.75) is 69.9 Å². The first-order valence-corrected chi connectivity index (χ1v) is 7.59. The van der Waals surface area contributed by atoms with Gasteiger partial charge in [-0.25, -0.2) is 0 Å². The maximum atomic E-state index is 3.91. The summed E-state index contributed by atoms with van der Waals surface area (Å²) >= 11 is 0. The molecule has 0 heterocycles. The van der Waals surface area contributed by atoms with Crippen LogP contribution in [0.15, 0.2) is 0 Å². The van der Waals surface area contributed by atoms with Crippen molar-refractivity contribution >= 4 is 0 Å². The van der Waals surface area contributed by atoms with Gasteiger partial charge in [-0.05, 0) is 45.7 Å². The van der Waals surface area contributed by atoms with Crippen molar-refractivity contribution in [3.63, 3.8) is 0 Å². The number of hydrogen-bond acceptors (Lipinski definition) is 2. The summed E-state index contributed by atoms with van der Waals surface area (Å²) in [7, 11) is 4.53. The van der Waals surface area contributed by atoms with Crippen molar-refractivity contribution < 1.29 is 0 Å². The van der Waals surface area contributed by atoms with E-state index in [1.165, 1.54) is 57.9 Å². The Bertz CT molecular complexity index is 231. The van der Waals surface area contributed by atoms with Crippen molar-refractivity contribution in [3.05, 3.63) is 0 Å². The predicted octanol–water partition coefficient (Wildman–Crippen LogP) is 3.03. The van der Waals surface area contributed by atoms with E-state index >= 15 is 0 Å². The number of nitrogens with one attached hydrogen (secondary N) is 1. The minimum atomic E-state index is 0.459. The zero-order valence-electron chi connectivity index (χ0n) is 12.0. The molecule has 0 bridgehead atoms. The fraction of sp³-hybridized carbons (Fsp3) is 1.00. The Labute approximate surface area is 107 Å². The summed E-state index contributed by atoms with van der Waals surface area (Å²) in [6.07, 6.45) is 11.2. The molecule has 2 saturated carbocycles. The lowest BCUT2D eigenvalue weighted by atomic mass is 9.94. The molecule has 2 rings (SSSR count). The van der Waals surface area contributed by atoms with E-state index in [1.54, 1.807) is 0 Å². The number of rotatable bonds is 5. The number of hydrogen-bond donors (Lipinski definition) is 1. The Morgan fingerprint density at radius 3 is 2.41 bits per heavy atom. The Morgan fingerprint density at radius 1 is 1.12 bits per heavy atom. The van der Waals surface area contributed by atoms with Gasteiger partial charge in [0.2, 0.25) is 0 Å². The molecule has 2 atom stereocenters. The van der Waals surface area contributed by atoms with E-state index in [2.05, 4.69) is 31.2 Å². The molecule has 0 aromatic heterocycles.